The van der Waals surface area contributed by atoms with Gasteiger partial charge in [-0.3, -0.25) is 0 Å². The minimum Gasteiger partial charge on any atom is -0.457 e. The van der Waals surface area contributed by atoms with Crippen molar-refractivity contribution < 1.29 is 23.0 Å². The maximum atomic E-state index is 13.0. The number of aliphatic hydroxyl groups excluding tert-OH is 1. The maximum absolute atomic E-state index is 13.0. The third-order valence-electron chi connectivity index (χ3n) is 5.14. The molecule has 0 heterocycles. The first-order valence-corrected chi connectivity index (χ1v) is 9.74. The molecule has 0 bridgehead atoms. The molecule has 1 atom stereocenters. The van der Waals surface area contributed by atoms with E-state index in [9.17, 15) is 18.3 Å². The van der Waals surface area contributed by atoms with E-state index in [1.807, 2.05) is 30.3 Å². The molecule has 3 nitrogen and oxygen atoms in total. The van der Waals surface area contributed by atoms with Crippen molar-refractivity contribution in [2.45, 2.75) is 44.4 Å². The molecule has 2 aromatic carbocycles. The number of aliphatic hydroxyl groups is 1. The Bertz CT molecular complexity index is 730. The molecule has 6 heteroatoms. The zero-order valence-corrected chi connectivity index (χ0v) is 15.7. The Morgan fingerprint density at radius 1 is 0.964 bits per heavy atom. The molecule has 3 rings (SSSR count). The highest BCUT2D eigenvalue weighted by atomic mass is 19.4. The molecule has 1 aliphatic rings. The van der Waals surface area contributed by atoms with E-state index in [0.717, 1.165) is 25.7 Å². The fraction of sp³-hybridized carbons (Fsp3) is 0.455. The van der Waals surface area contributed by atoms with Gasteiger partial charge in [-0.15, -0.1) is 0 Å². The van der Waals surface area contributed by atoms with Gasteiger partial charge in [-0.2, -0.15) is 13.2 Å². The number of anilines is 1. The Labute approximate surface area is 163 Å². The normalized spacial score (nSPS) is 16.6. The van der Waals surface area contributed by atoms with Crippen molar-refractivity contribution in [2.75, 3.05) is 18.0 Å². The van der Waals surface area contributed by atoms with Crippen molar-refractivity contribution in [3.63, 3.8) is 0 Å². The maximum Gasteiger partial charge on any atom is 0.416 e. The summed E-state index contributed by atoms with van der Waals surface area (Å²) in [6, 6.07) is 16.3. The predicted octanol–water partition coefficient (Wildman–Crippen LogP) is 5.79. The second-order valence-electron chi connectivity index (χ2n) is 7.38. The summed E-state index contributed by atoms with van der Waals surface area (Å²) in [6.45, 7) is 0.0245. The molecule has 0 aliphatic heterocycles. The summed E-state index contributed by atoms with van der Waals surface area (Å²) in [4.78, 5) is 1.64. The molecular weight excluding hydrogens is 367 g/mol. The van der Waals surface area contributed by atoms with Crippen LogP contribution in [0.2, 0.25) is 0 Å². The van der Waals surface area contributed by atoms with E-state index in [4.69, 9.17) is 4.74 Å². The van der Waals surface area contributed by atoms with Crippen molar-refractivity contribution in [1.29, 1.82) is 0 Å². The fourth-order valence-electron chi connectivity index (χ4n) is 3.65. The van der Waals surface area contributed by atoms with Crippen LogP contribution in [-0.4, -0.2) is 30.5 Å². The standard InChI is InChI=1S/C22H26F3NO2/c23-22(24,25)21(27)16-26(15-17-8-3-1-4-9-17)18-10-7-13-20(14-18)28-19-11-5-2-6-12-19/h2,5-7,10-14,17,21,27H,1,3-4,8-9,15-16H2. The van der Waals surface area contributed by atoms with Gasteiger partial charge in [0.05, 0.1) is 6.54 Å². The van der Waals surface area contributed by atoms with Gasteiger partial charge in [0.15, 0.2) is 6.10 Å². The molecular formula is C22H26F3NO2. The second-order valence-corrected chi connectivity index (χ2v) is 7.38. The molecule has 2 aromatic rings. The summed E-state index contributed by atoms with van der Waals surface area (Å²) in [5, 5.41) is 9.65. The Hall–Kier alpha value is -2.21. The topological polar surface area (TPSA) is 32.7 Å². The van der Waals surface area contributed by atoms with Crippen molar-refractivity contribution in [1.82, 2.24) is 0 Å². The molecule has 28 heavy (non-hydrogen) atoms. The molecule has 152 valence electrons. The average Bonchev–Trinajstić information content (AvgIpc) is 2.68. The van der Waals surface area contributed by atoms with E-state index in [-0.39, 0.29) is 0 Å². The Balaban J connectivity index is 1.78. The number of alkyl halides is 3. The number of hydrogen-bond acceptors (Lipinski definition) is 3. The summed E-state index contributed by atoms with van der Waals surface area (Å²) in [5.74, 6) is 1.56. The third kappa shape index (κ3) is 5.89. The van der Waals surface area contributed by atoms with Gasteiger partial charge in [-0.05, 0) is 43.0 Å². The van der Waals surface area contributed by atoms with E-state index in [1.165, 1.54) is 6.42 Å². The van der Waals surface area contributed by atoms with Crippen LogP contribution in [0.25, 0.3) is 0 Å². The first-order valence-electron chi connectivity index (χ1n) is 9.74. The number of hydrogen-bond donors (Lipinski definition) is 1. The number of halogens is 3. The molecule has 0 spiro atoms. The van der Waals surface area contributed by atoms with Crippen LogP contribution in [0.5, 0.6) is 11.5 Å². The minimum absolute atomic E-state index is 0.341. The van der Waals surface area contributed by atoms with E-state index in [1.54, 1.807) is 29.2 Å². The summed E-state index contributed by atoms with van der Waals surface area (Å²) >= 11 is 0. The summed E-state index contributed by atoms with van der Waals surface area (Å²) in [7, 11) is 0. The molecule has 0 amide bonds. The summed E-state index contributed by atoms with van der Waals surface area (Å²) in [5.41, 5.74) is 0.627. The first-order chi connectivity index (χ1) is 13.4. The fourth-order valence-corrected chi connectivity index (χ4v) is 3.65. The van der Waals surface area contributed by atoms with Crippen LogP contribution in [0.4, 0.5) is 18.9 Å². The third-order valence-corrected chi connectivity index (χ3v) is 5.14. The van der Waals surface area contributed by atoms with Crippen LogP contribution in [0, 0.1) is 5.92 Å². The smallest absolute Gasteiger partial charge is 0.416 e. The lowest BCUT2D eigenvalue weighted by Crippen LogP contribution is -2.43. The molecule has 1 unspecified atom stereocenters. The Morgan fingerprint density at radius 3 is 2.32 bits per heavy atom. The van der Waals surface area contributed by atoms with Gasteiger partial charge in [0.1, 0.15) is 11.5 Å². The van der Waals surface area contributed by atoms with Crippen LogP contribution in [-0.2, 0) is 0 Å². The van der Waals surface area contributed by atoms with Crippen molar-refractivity contribution in [3.8, 4) is 11.5 Å². The molecule has 0 aromatic heterocycles. The molecule has 1 aliphatic carbocycles. The van der Waals surface area contributed by atoms with Gasteiger partial charge in [-0.25, -0.2) is 0 Å². The van der Waals surface area contributed by atoms with E-state index in [2.05, 4.69) is 0 Å². The second kappa shape index (κ2) is 9.32. The van der Waals surface area contributed by atoms with Crippen molar-refractivity contribution in [2.24, 2.45) is 5.92 Å². The van der Waals surface area contributed by atoms with Gasteiger partial charge in [0, 0.05) is 18.3 Å². The number of benzene rings is 2. The van der Waals surface area contributed by atoms with Crippen molar-refractivity contribution in [3.05, 3.63) is 54.6 Å². The van der Waals surface area contributed by atoms with E-state index in [0.29, 0.717) is 29.6 Å². The van der Waals surface area contributed by atoms with Gasteiger partial charge in [0.2, 0.25) is 0 Å². The lowest BCUT2D eigenvalue weighted by Gasteiger charge is -2.33. The summed E-state index contributed by atoms with van der Waals surface area (Å²) in [6.07, 6.45) is -1.59. The molecule has 1 fully saturated rings. The monoisotopic (exact) mass is 393 g/mol. The molecule has 1 N–H and O–H groups in total. The highest BCUT2D eigenvalue weighted by Crippen LogP contribution is 2.31. The Morgan fingerprint density at radius 2 is 1.64 bits per heavy atom. The Kier molecular flexibility index (Phi) is 6.83. The number of nitrogens with zero attached hydrogens (tertiary/aromatic N) is 1. The lowest BCUT2D eigenvalue weighted by atomic mass is 9.88. The van der Waals surface area contributed by atoms with Crippen LogP contribution in [0.3, 0.4) is 0 Å². The molecule has 1 saturated carbocycles. The largest absolute Gasteiger partial charge is 0.457 e. The van der Waals surface area contributed by atoms with Gasteiger partial charge in [-0.1, -0.05) is 43.5 Å². The minimum atomic E-state index is -4.64. The van der Waals surface area contributed by atoms with Crippen LogP contribution in [0.15, 0.2) is 54.6 Å². The summed E-state index contributed by atoms with van der Waals surface area (Å²) < 4.78 is 44.7. The van der Waals surface area contributed by atoms with Gasteiger partial charge < -0.3 is 14.7 Å². The molecule has 0 radical (unpaired) electrons. The van der Waals surface area contributed by atoms with Crippen LogP contribution >= 0.6 is 0 Å². The quantitative estimate of drug-likeness (QED) is 0.646. The molecule has 0 saturated heterocycles. The van der Waals surface area contributed by atoms with Gasteiger partial charge >= 0.3 is 6.18 Å². The highest BCUT2D eigenvalue weighted by molar-refractivity contribution is 5.52. The zero-order chi connectivity index (χ0) is 20.0. The number of ether oxygens (including phenoxy) is 1. The SMILES string of the molecule is OC(CN(CC1CCCCC1)c1cccc(Oc2ccccc2)c1)C(F)(F)F. The van der Waals surface area contributed by atoms with Gasteiger partial charge in [0.25, 0.3) is 0 Å². The first kappa shape index (κ1) is 20.5. The average molecular weight is 393 g/mol. The number of para-hydroxylation sites is 1. The van der Waals surface area contributed by atoms with E-state index >= 15 is 0 Å². The zero-order valence-electron chi connectivity index (χ0n) is 15.7. The van der Waals surface area contributed by atoms with Crippen molar-refractivity contribution >= 4 is 5.69 Å². The lowest BCUT2D eigenvalue weighted by molar-refractivity contribution is -0.200. The van der Waals surface area contributed by atoms with E-state index < -0.39 is 18.8 Å². The predicted molar refractivity (Wildman–Crippen MR) is 104 cm³/mol. The highest BCUT2D eigenvalue weighted by Gasteiger charge is 2.39. The number of rotatable bonds is 7. The van der Waals surface area contributed by atoms with Crippen LogP contribution < -0.4 is 9.64 Å². The van der Waals surface area contributed by atoms with Crippen LogP contribution in [0.1, 0.15) is 32.1 Å².